The molecule has 4 N–H and O–H groups in total. The SMILES string of the molecule is Cn1cc(-c2ccc3c(C(=O)NC4CC5(C4)CC(c4n[nH]c(=O)c6ccccc46)C5)onc3c2)cn1.Cn1cc(B2OC(C)(C)C(C)(C)O2)cn1.O=C(NC1CC2(C1)CC(c1n[nH]c(=O)c3ccccc13)C2)c1onc2cc(Br)ccc12. The van der Waals surface area contributed by atoms with Crippen molar-refractivity contribution in [3.63, 3.8) is 0 Å². The molecule has 10 aromatic rings. The Morgan fingerprint density at radius 2 is 1.05 bits per heavy atom. The standard InChI is InChI=1S/C27H24N6O3.C23H19BrN4O3.C10H17BN2O2/c1-33-14-17(13-28-33)15-6-7-21-22(8-15)32-36-24(21)26(35)29-18-11-27(12-18)9-16(10-27)23-19-4-2-3-5-20(19)25(34)31-30-23;24-13-5-6-17-18(7-13)28-31-20(17)22(30)25-14-10-23(11-14)8-12(9-23)19-15-3-1-2-4-16(15)21(29)27-26-19;1-9(2)10(3,4)15-11(14-9)8-6-12-13(5)7-8/h2-8,13-14,16,18H,9-12H2,1H3,(H,29,35)(H,31,34);1-7,12,14H,8-11H2,(H,25,30)(H,27,29);6-7H,1-5H3. The average Bonchev–Trinajstić information content (AvgIpc) is 2.86. The highest BCUT2D eigenvalue weighted by Gasteiger charge is 2.56. The average molecular weight is 1170 g/mol. The third-order valence-electron chi connectivity index (χ3n) is 17.9. The fourth-order valence-electron chi connectivity index (χ4n) is 13.1. The van der Waals surface area contributed by atoms with Crippen molar-refractivity contribution in [2.24, 2.45) is 24.9 Å². The van der Waals surface area contributed by atoms with Gasteiger partial charge >= 0.3 is 7.12 Å². The van der Waals surface area contributed by atoms with Gasteiger partial charge in [-0.1, -0.05) is 68.7 Å². The van der Waals surface area contributed by atoms with E-state index in [1.165, 1.54) is 0 Å². The van der Waals surface area contributed by atoms with Crippen LogP contribution in [0.3, 0.4) is 0 Å². The number of amides is 2. The minimum absolute atomic E-state index is 0.119. The second kappa shape index (κ2) is 20.1. The van der Waals surface area contributed by atoms with Crippen LogP contribution in [0.25, 0.3) is 54.5 Å². The molecule has 2 spiro atoms. The number of nitrogens with zero attached hydrogens (tertiary/aromatic N) is 8. The summed E-state index contributed by atoms with van der Waals surface area (Å²) in [6.07, 6.45) is 15.3. The number of H-pyrrole nitrogens is 2. The molecular weight excluding hydrogens is 1110 g/mol. The second-order valence-electron chi connectivity index (χ2n) is 24.2. The Hall–Kier alpha value is -8.08. The van der Waals surface area contributed by atoms with E-state index in [9.17, 15) is 19.2 Å². The van der Waals surface area contributed by atoms with Crippen molar-refractivity contribution in [3.8, 4) is 11.1 Å². The first-order valence-electron chi connectivity index (χ1n) is 27.7. The molecule has 5 fully saturated rings. The zero-order chi connectivity index (χ0) is 56.9. The second-order valence-corrected chi connectivity index (χ2v) is 25.1. The quantitative estimate of drug-likeness (QED) is 0.104. The van der Waals surface area contributed by atoms with E-state index < -0.39 is 0 Å². The number of carbonyl (C=O) groups is 2. The summed E-state index contributed by atoms with van der Waals surface area (Å²) in [4.78, 5) is 49.8. The molecular formula is C60H60BBrN12O8. The van der Waals surface area contributed by atoms with Gasteiger partial charge in [-0.3, -0.25) is 28.5 Å². The number of hydrogen-bond acceptors (Lipinski definition) is 14. The van der Waals surface area contributed by atoms with Gasteiger partial charge in [0.25, 0.3) is 22.9 Å². The van der Waals surface area contributed by atoms with Crippen LogP contribution < -0.4 is 27.2 Å². The lowest BCUT2D eigenvalue weighted by atomic mass is 9.49. The van der Waals surface area contributed by atoms with Gasteiger partial charge in [0.05, 0.1) is 50.3 Å². The van der Waals surface area contributed by atoms with Crippen LogP contribution in [0.1, 0.15) is 123 Å². The minimum Gasteiger partial charge on any atom is -0.399 e. The highest BCUT2D eigenvalue weighted by molar-refractivity contribution is 9.10. The Balaban J connectivity index is 0.000000125. The lowest BCUT2D eigenvalue weighted by Crippen LogP contribution is -2.55. The van der Waals surface area contributed by atoms with E-state index in [4.69, 9.17) is 18.4 Å². The maximum absolute atomic E-state index is 13.0. The summed E-state index contributed by atoms with van der Waals surface area (Å²) in [5.74, 6) is 0.744. The van der Waals surface area contributed by atoms with Gasteiger partial charge in [-0.25, -0.2) is 10.2 Å². The van der Waals surface area contributed by atoms with Crippen LogP contribution in [-0.2, 0) is 23.4 Å². The smallest absolute Gasteiger partial charge is 0.399 e. The van der Waals surface area contributed by atoms with Gasteiger partial charge in [-0.2, -0.15) is 20.4 Å². The zero-order valence-electron chi connectivity index (χ0n) is 46.2. The zero-order valence-corrected chi connectivity index (χ0v) is 47.7. The van der Waals surface area contributed by atoms with Gasteiger partial charge in [-0.15, -0.1) is 0 Å². The van der Waals surface area contributed by atoms with E-state index in [0.29, 0.717) is 39.0 Å². The molecule has 418 valence electrons. The topological polar surface area (TPSA) is 256 Å². The van der Waals surface area contributed by atoms with Gasteiger partial charge in [0.15, 0.2) is 0 Å². The lowest BCUT2D eigenvalue weighted by Gasteiger charge is -2.57. The molecule has 22 heteroatoms. The number of rotatable bonds is 8. The summed E-state index contributed by atoms with van der Waals surface area (Å²) in [5.41, 5.74) is 5.82. The largest absolute Gasteiger partial charge is 0.498 e. The number of carbonyl (C=O) groups excluding carboxylic acids is 2. The van der Waals surface area contributed by atoms with Crippen molar-refractivity contribution < 1.29 is 27.9 Å². The van der Waals surface area contributed by atoms with Crippen molar-refractivity contribution in [2.75, 3.05) is 0 Å². The Labute approximate surface area is 478 Å². The normalized spacial score (nSPS) is 23.8. The third kappa shape index (κ3) is 9.72. The molecule has 20 nitrogen and oxygen atoms in total. The minimum atomic E-state index is -0.302. The Morgan fingerprint density at radius 1 is 0.585 bits per heavy atom. The molecule has 0 unspecified atom stereocenters. The van der Waals surface area contributed by atoms with Gasteiger partial charge in [-0.05, 0) is 138 Å². The van der Waals surface area contributed by atoms with Crippen molar-refractivity contribution in [2.45, 2.75) is 114 Å². The van der Waals surface area contributed by atoms with Gasteiger partial charge in [0.1, 0.15) is 11.0 Å². The Morgan fingerprint density at radius 3 is 1.52 bits per heavy atom. The number of aromatic amines is 2. The van der Waals surface area contributed by atoms with Crippen LogP contribution in [0.5, 0.6) is 0 Å². The Kier molecular flexibility index (Phi) is 13.1. The third-order valence-corrected chi connectivity index (χ3v) is 18.4. The molecule has 0 bridgehead atoms. The molecule has 6 aromatic heterocycles. The van der Waals surface area contributed by atoms with Crippen LogP contribution >= 0.6 is 15.9 Å². The molecule has 5 aliphatic rings. The molecule has 7 heterocycles. The maximum atomic E-state index is 13.0. The molecule has 4 saturated carbocycles. The van der Waals surface area contributed by atoms with E-state index in [1.807, 2.05) is 139 Å². The predicted molar refractivity (Wildman–Crippen MR) is 311 cm³/mol. The maximum Gasteiger partial charge on any atom is 0.498 e. The molecule has 82 heavy (non-hydrogen) atoms. The number of nitrogens with one attached hydrogen (secondary N) is 4. The highest BCUT2D eigenvalue weighted by atomic mass is 79.9. The molecule has 15 rings (SSSR count). The molecule has 4 aromatic carbocycles. The molecule has 4 aliphatic carbocycles. The van der Waals surface area contributed by atoms with E-state index in [-0.39, 0.29) is 75.7 Å². The van der Waals surface area contributed by atoms with Crippen molar-refractivity contribution in [3.05, 3.63) is 158 Å². The number of aromatic nitrogens is 10. The summed E-state index contributed by atoms with van der Waals surface area (Å²) in [6.45, 7) is 8.18. The van der Waals surface area contributed by atoms with Crippen molar-refractivity contribution in [1.82, 2.24) is 60.9 Å². The van der Waals surface area contributed by atoms with Gasteiger partial charge < -0.3 is 29.0 Å². The molecule has 1 aliphatic heterocycles. The molecule has 0 atom stereocenters. The predicted octanol–water partition coefficient (Wildman–Crippen LogP) is 8.92. The number of fused-ring (bicyclic) bond motifs is 4. The van der Waals surface area contributed by atoms with E-state index in [1.54, 1.807) is 21.8 Å². The van der Waals surface area contributed by atoms with Crippen LogP contribution in [-0.4, -0.2) is 92.5 Å². The fourth-order valence-corrected chi connectivity index (χ4v) is 13.4. The summed E-state index contributed by atoms with van der Waals surface area (Å²) in [5, 5.41) is 41.4. The highest BCUT2D eigenvalue weighted by Crippen LogP contribution is 2.63. The van der Waals surface area contributed by atoms with Crippen molar-refractivity contribution in [1.29, 1.82) is 0 Å². The number of hydrogen-bond donors (Lipinski definition) is 4. The fraction of sp³-hybridized carbons (Fsp3) is 0.367. The van der Waals surface area contributed by atoms with Crippen molar-refractivity contribution >= 4 is 83.7 Å². The summed E-state index contributed by atoms with van der Waals surface area (Å²) in [7, 11) is 3.45. The number of benzene rings is 4. The van der Waals surface area contributed by atoms with E-state index in [0.717, 1.165) is 100.0 Å². The first kappa shape index (κ1) is 53.2. The summed E-state index contributed by atoms with van der Waals surface area (Å²) < 4.78 is 26.9. The van der Waals surface area contributed by atoms with Crippen LogP contribution in [0.4, 0.5) is 0 Å². The molecule has 0 radical (unpaired) electrons. The molecule has 1 saturated heterocycles. The molecule has 2 amide bonds. The first-order valence-corrected chi connectivity index (χ1v) is 28.4. The van der Waals surface area contributed by atoms with Gasteiger partial charge in [0, 0.05) is 82.9 Å². The van der Waals surface area contributed by atoms with E-state index in [2.05, 4.69) is 67.5 Å². The Bertz CT molecular complexity index is 4230. The summed E-state index contributed by atoms with van der Waals surface area (Å²) in [6, 6.07) is 26.8. The lowest BCUT2D eigenvalue weighted by molar-refractivity contribution is -0.0202. The van der Waals surface area contributed by atoms with Crippen LogP contribution in [0.15, 0.2) is 133 Å². The van der Waals surface area contributed by atoms with Crippen LogP contribution in [0.2, 0.25) is 0 Å². The number of aryl methyl sites for hydroxylation is 2. The van der Waals surface area contributed by atoms with E-state index >= 15 is 0 Å². The van der Waals surface area contributed by atoms with Crippen LogP contribution in [0, 0.1) is 10.8 Å². The summed E-state index contributed by atoms with van der Waals surface area (Å²) >= 11 is 3.40. The first-order chi connectivity index (χ1) is 39.3. The van der Waals surface area contributed by atoms with Gasteiger partial charge in [0.2, 0.25) is 11.5 Å². The number of halogens is 1. The monoisotopic (exact) mass is 1170 g/mol.